The Hall–Kier alpha value is -2.55. The van der Waals surface area contributed by atoms with Crippen LogP contribution in [0, 0.1) is 0 Å². The highest BCUT2D eigenvalue weighted by Gasteiger charge is 2.26. The Morgan fingerprint density at radius 2 is 0.932 bits per heavy atom. The third-order valence-electron chi connectivity index (χ3n) is 9.58. The van der Waals surface area contributed by atoms with Crippen LogP contribution in [-0.4, -0.2) is 49.3 Å². The minimum Gasteiger partial charge on any atom is -0.462 e. The molecule has 0 aromatic carbocycles. The van der Waals surface area contributed by atoms with Gasteiger partial charge in [-0.15, -0.1) is 0 Å². The van der Waals surface area contributed by atoms with E-state index in [4.69, 9.17) is 24.3 Å². The van der Waals surface area contributed by atoms with Gasteiger partial charge in [-0.2, -0.15) is 0 Å². The van der Waals surface area contributed by atoms with Gasteiger partial charge in [0.15, 0.2) is 6.10 Å². The molecule has 10 heteroatoms. The highest BCUT2D eigenvalue weighted by atomic mass is 31.2. The summed E-state index contributed by atoms with van der Waals surface area (Å²) in [4.78, 5) is 34.9. The largest absolute Gasteiger partial charge is 0.472 e. The minimum atomic E-state index is -4.39. The van der Waals surface area contributed by atoms with Gasteiger partial charge in [-0.25, -0.2) is 4.57 Å². The number of ether oxygens (including phenoxy) is 2. The molecular weight excluding hydrogens is 762 g/mol. The molecule has 0 saturated heterocycles. The normalized spacial score (nSPS) is 13.9. The van der Waals surface area contributed by atoms with Crippen molar-refractivity contribution in [3.05, 3.63) is 72.9 Å². The van der Waals surface area contributed by atoms with Crippen LogP contribution in [0.2, 0.25) is 0 Å². The van der Waals surface area contributed by atoms with Crippen LogP contribution < -0.4 is 5.73 Å². The highest BCUT2D eigenvalue weighted by molar-refractivity contribution is 7.47. The lowest BCUT2D eigenvalue weighted by molar-refractivity contribution is -0.161. The molecule has 0 heterocycles. The number of carbonyl (C=O) groups is 2. The molecule has 0 aliphatic rings. The Labute approximate surface area is 361 Å². The number of esters is 2. The van der Waals surface area contributed by atoms with Gasteiger partial charge in [-0.1, -0.05) is 170 Å². The van der Waals surface area contributed by atoms with Crippen LogP contribution >= 0.6 is 7.82 Å². The number of unbranched alkanes of at least 4 members (excludes halogenated alkanes) is 18. The van der Waals surface area contributed by atoms with E-state index in [2.05, 4.69) is 86.8 Å². The average molecular weight is 848 g/mol. The Balaban J connectivity index is 4.14. The molecule has 0 rings (SSSR count). The van der Waals surface area contributed by atoms with E-state index in [0.717, 1.165) is 89.9 Å². The van der Waals surface area contributed by atoms with Gasteiger partial charge >= 0.3 is 19.8 Å². The summed E-state index contributed by atoms with van der Waals surface area (Å²) >= 11 is 0. The zero-order chi connectivity index (χ0) is 43.2. The zero-order valence-corrected chi connectivity index (χ0v) is 38.4. The first kappa shape index (κ1) is 56.5. The maximum Gasteiger partial charge on any atom is 0.472 e. The molecule has 0 fully saturated rings. The Morgan fingerprint density at radius 1 is 0.525 bits per heavy atom. The molecule has 0 aliphatic heterocycles. The molecule has 2 atom stereocenters. The topological polar surface area (TPSA) is 134 Å². The second kappa shape index (κ2) is 45.0. The fraction of sp³-hybridized carbons (Fsp3) is 0.714. The summed E-state index contributed by atoms with van der Waals surface area (Å²) in [5, 5.41) is 0. The molecule has 9 nitrogen and oxygen atoms in total. The fourth-order valence-electron chi connectivity index (χ4n) is 6.13. The van der Waals surface area contributed by atoms with Crippen LogP contribution in [0.25, 0.3) is 0 Å². The highest BCUT2D eigenvalue weighted by Crippen LogP contribution is 2.43. The summed E-state index contributed by atoms with van der Waals surface area (Å²) in [5.74, 6) is -0.860. The van der Waals surface area contributed by atoms with Gasteiger partial charge in [0.2, 0.25) is 0 Å². The smallest absolute Gasteiger partial charge is 0.462 e. The van der Waals surface area contributed by atoms with E-state index in [9.17, 15) is 19.0 Å². The summed E-state index contributed by atoms with van der Waals surface area (Å²) in [5.41, 5.74) is 5.35. The van der Waals surface area contributed by atoms with Crippen molar-refractivity contribution >= 4 is 19.8 Å². The summed E-state index contributed by atoms with van der Waals surface area (Å²) in [6, 6.07) is 0. The summed E-state index contributed by atoms with van der Waals surface area (Å²) < 4.78 is 32.8. The molecule has 0 aromatic rings. The van der Waals surface area contributed by atoms with Crippen molar-refractivity contribution in [1.82, 2.24) is 0 Å². The SMILES string of the molecule is CC/C=C\C/C=C\C/C=C\CCCCCCCC(=O)OCC(COP(=O)(O)OCCN)OC(=O)CCCCCCCCCC/C=C\C/C=C\C/C=C\CCCCCCC. The minimum absolute atomic E-state index is 0.0460. The van der Waals surface area contributed by atoms with E-state index < -0.39 is 32.5 Å². The number of hydrogen-bond acceptors (Lipinski definition) is 8. The molecule has 0 aromatic heterocycles. The van der Waals surface area contributed by atoms with Crippen LogP contribution in [-0.2, 0) is 32.7 Å². The second-order valence-electron chi connectivity index (χ2n) is 15.2. The van der Waals surface area contributed by atoms with Crippen LogP contribution in [0.3, 0.4) is 0 Å². The lowest BCUT2D eigenvalue weighted by atomic mass is 10.1. The van der Waals surface area contributed by atoms with E-state index >= 15 is 0 Å². The average Bonchev–Trinajstić information content (AvgIpc) is 3.22. The van der Waals surface area contributed by atoms with E-state index in [1.54, 1.807) is 0 Å². The number of nitrogens with two attached hydrogens (primary N) is 1. The number of phosphoric acid groups is 1. The van der Waals surface area contributed by atoms with Crippen molar-refractivity contribution in [2.75, 3.05) is 26.4 Å². The standard InChI is InChI=1S/C49H86NO8P/c1-3-5-7-9-11-13-15-17-19-20-21-22-23-24-25-26-28-30-32-34-36-38-40-42-49(52)58-47(46-57-59(53,54)56-44-43-50)45-55-48(51)41-39-37-35-33-31-29-27-18-16-14-12-10-8-6-4-2/h6,8,12,14-15,17-18,20-21,23-24,27,47H,3-5,7,9-11,13,16,19,22,25-26,28-46,50H2,1-2H3,(H,53,54)/b8-6-,14-12-,17-15-,21-20-,24-23-,27-18-. The van der Waals surface area contributed by atoms with Crippen molar-refractivity contribution in [2.45, 2.75) is 200 Å². The van der Waals surface area contributed by atoms with Gasteiger partial charge in [0.1, 0.15) is 6.61 Å². The molecule has 0 aliphatic carbocycles. The van der Waals surface area contributed by atoms with Gasteiger partial charge < -0.3 is 20.1 Å². The lowest BCUT2D eigenvalue weighted by Gasteiger charge is -2.19. The van der Waals surface area contributed by atoms with E-state index in [0.29, 0.717) is 12.8 Å². The van der Waals surface area contributed by atoms with Gasteiger partial charge in [0.25, 0.3) is 0 Å². The Morgan fingerprint density at radius 3 is 1.39 bits per heavy atom. The maximum atomic E-state index is 12.6. The summed E-state index contributed by atoms with van der Waals surface area (Å²) in [7, 11) is -4.39. The second-order valence-corrected chi connectivity index (χ2v) is 16.7. The van der Waals surface area contributed by atoms with Crippen molar-refractivity contribution in [3.63, 3.8) is 0 Å². The lowest BCUT2D eigenvalue weighted by Crippen LogP contribution is -2.29. The molecule has 0 radical (unpaired) electrons. The number of carbonyl (C=O) groups excluding carboxylic acids is 2. The first-order valence-electron chi connectivity index (χ1n) is 23.4. The first-order valence-corrected chi connectivity index (χ1v) is 24.9. The van der Waals surface area contributed by atoms with Crippen LogP contribution in [0.1, 0.15) is 194 Å². The van der Waals surface area contributed by atoms with Crippen molar-refractivity contribution < 1.29 is 37.6 Å². The van der Waals surface area contributed by atoms with Crippen LogP contribution in [0.5, 0.6) is 0 Å². The monoisotopic (exact) mass is 848 g/mol. The molecule has 340 valence electrons. The first-order chi connectivity index (χ1) is 28.8. The molecule has 0 spiro atoms. The van der Waals surface area contributed by atoms with E-state index in [-0.39, 0.29) is 32.6 Å². The summed E-state index contributed by atoms with van der Waals surface area (Å²) in [6.45, 7) is 3.58. The van der Waals surface area contributed by atoms with Gasteiger partial charge in [-0.05, 0) is 83.5 Å². The number of hydrogen-bond donors (Lipinski definition) is 2. The fourth-order valence-corrected chi connectivity index (χ4v) is 6.89. The van der Waals surface area contributed by atoms with Crippen LogP contribution in [0.4, 0.5) is 0 Å². The maximum absolute atomic E-state index is 12.6. The van der Waals surface area contributed by atoms with Crippen molar-refractivity contribution in [1.29, 1.82) is 0 Å². The van der Waals surface area contributed by atoms with Gasteiger partial charge in [-0.3, -0.25) is 18.6 Å². The van der Waals surface area contributed by atoms with E-state index in [1.807, 2.05) is 0 Å². The molecule has 0 saturated carbocycles. The summed E-state index contributed by atoms with van der Waals surface area (Å²) in [6.07, 6.45) is 55.0. The van der Waals surface area contributed by atoms with Crippen molar-refractivity contribution in [3.8, 4) is 0 Å². The quantitative estimate of drug-likeness (QED) is 0.0266. The molecule has 3 N–H and O–H groups in total. The Bertz CT molecular complexity index is 1190. The third-order valence-corrected chi connectivity index (χ3v) is 10.6. The predicted octanol–water partition coefficient (Wildman–Crippen LogP) is 13.8. The molecule has 0 bridgehead atoms. The van der Waals surface area contributed by atoms with Gasteiger partial charge in [0, 0.05) is 19.4 Å². The Kier molecular flexibility index (Phi) is 43.0. The molecular formula is C49H86NO8P. The van der Waals surface area contributed by atoms with Crippen LogP contribution in [0.15, 0.2) is 72.9 Å². The zero-order valence-electron chi connectivity index (χ0n) is 37.5. The number of phosphoric ester groups is 1. The molecule has 0 amide bonds. The third kappa shape index (κ3) is 44.8. The van der Waals surface area contributed by atoms with E-state index in [1.165, 1.54) is 64.2 Å². The molecule has 2 unspecified atom stereocenters. The van der Waals surface area contributed by atoms with Crippen molar-refractivity contribution in [2.24, 2.45) is 5.73 Å². The molecule has 59 heavy (non-hydrogen) atoms. The predicted molar refractivity (Wildman–Crippen MR) is 247 cm³/mol. The van der Waals surface area contributed by atoms with Gasteiger partial charge in [0.05, 0.1) is 13.2 Å². The number of rotatable bonds is 43. The number of allylic oxidation sites excluding steroid dienone is 12.